The molecule has 3 amide bonds. The highest BCUT2D eigenvalue weighted by Gasteiger charge is 2.36. The molecule has 1 aliphatic rings. The molecule has 0 aromatic heterocycles. The zero-order valence-electron chi connectivity index (χ0n) is 19.1. The Bertz CT molecular complexity index is 1370. The number of hydrogen-bond donors (Lipinski definition) is 1. The van der Waals surface area contributed by atoms with Crippen LogP contribution in [0.3, 0.4) is 0 Å². The number of carbonyl (C=O) groups excluding carboxylic acids is 3. The molecule has 0 spiro atoms. The van der Waals surface area contributed by atoms with Crippen LogP contribution in [0, 0.1) is 0 Å². The molecular formula is C25H23N3O6S. The number of rotatable bonds is 8. The van der Waals surface area contributed by atoms with Gasteiger partial charge in [0.05, 0.1) is 34.5 Å². The van der Waals surface area contributed by atoms with E-state index < -0.39 is 34.3 Å². The van der Waals surface area contributed by atoms with Gasteiger partial charge in [-0.25, -0.2) is 8.42 Å². The van der Waals surface area contributed by atoms with Crippen LogP contribution in [0.1, 0.15) is 27.6 Å². The number of anilines is 2. The van der Waals surface area contributed by atoms with E-state index in [0.717, 1.165) is 4.90 Å². The van der Waals surface area contributed by atoms with Gasteiger partial charge in [-0.05, 0) is 49.4 Å². The summed E-state index contributed by atoms with van der Waals surface area (Å²) in [7, 11) is -2.58. The number of imide groups is 1. The summed E-state index contributed by atoms with van der Waals surface area (Å²) in [6.07, 6.45) is 0. The molecule has 4 rings (SSSR count). The summed E-state index contributed by atoms with van der Waals surface area (Å²) < 4.78 is 33.3. The van der Waals surface area contributed by atoms with E-state index in [0.29, 0.717) is 5.69 Å². The van der Waals surface area contributed by atoms with Crippen molar-refractivity contribution in [3.05, 3.63) is 83.9 Å². The second-order valence-electron chi connectivity index (χ2n) is 7.66. The molecule has 0 saturated heterocycles. The molecular weight excluding hydrogens is 470 g/mol. The van der Waals surface area contributed by atoms with Gasteiger partial charge in [0.25, 0.3) is 21.8 Å². The largest absolute Gasteiger partial charge is 0.495 e. The molecule has 0 aliphatic carbocycles. The molecule has 3 aromatic carbocycles. The first kappa shape index (κ1) is 24.0. The van der Waals surface area contributed by atoms with Crippen LogP contribution < -0.4 is 14.4 Å². The number of nitrogens with one attached hydrogen (secondary N) is 1. The number of para-hydroxylation sites is 1. The quantitative estimate of drug-likeness (QED) is 0.483. The average Bonchev–Trinajstić information content (AvgIpc) is 3.10. The molecule has 0 radical (unpaired) electrons. The predicted molar refractivity (Wildman–Crippen MR) is 130 cm³/mol. The third kappa shape index (κ3) is 4.47. The molecule has 0 unspecified atom stereocenters. The van der Waals surface area contributed by atoms with Crippen LogP contribution in [0.15, 0.2) is 77.7 Å². The minimum absolute atomic E-state index is 0.0555. The van der Waals surface area contributed by atoms with E-state index in [1.54, 1.807) is 49.4 Å². The van der Waals surface area contributed by atoms with Gasteiger partial charge in [-0.2, -0.15) is 0 Å². The van der Waals surface area contributed by atoms with Crippen LogP contribution in [-0.4, -0.2) is 51.2 Å². The van der Waals surface area contributed by atoms with E-state index in [9.17, 15) is 22.8 Å². The van der Waals surface area contributed by atoms with Gasteiger partial charge in [0.2, 0.25) is 5.91 Å². The van der Waals surface area contributed by atoms with E-state index in [2.05, 4.69) is 5.32 Å². The van der Waals surface area contributed by atoms with E-state index in [1.807, 2.05) is 0 Å². The molecule has 0 bridgehead atoms. The van der Waals surface area contributed by atoms with E-state index >= 15 is 0 Å². The van der Waals surface area contributed by atoms with Crippen molar-refractivity contribution < 1.29 is 27.5 Å². The van der Waals surface area contributed by atoms with Gasteiger partial charge in [-0.3, -0.25) is 23.6 Å². The van der Waals surface area contributed by atoms with Crippen LogP contribution in [-0.2, 0) is 14.8 Å². The maximum absolute atomic E-state index is 13.4. The van der Waals surface area contributed by atoms with Gasteiger partial charge in [0, 0.05) is 6.54 Å². The maximum atomic E-state index is 13.4. The van der Waals surface area contributed by atoms with Gasteiger partial charge >= 0.3 is 0 Å². The molecule has 0 atom stereocenters. The molecule has 1 aliphatic heterocycles. The predicted octanol–water partition coefficient (Wildman–Crippen LogP) is 3.15. The highest BCUT2D eigenvalue weighted by molar-refractivity contribution is 7.92. The number of sulfonamides is 1. The second-order valence-corrected chi connectivity index (χ2v) is 9.52. The Morgan fingerprint density at radius 3 is 2.11 bits per heavy atom. The van der Waals surface area contributed by atoms with Gasteiger partial charge in [0.15, 0.2) is 0 Å². The van der Waals surface area contributed by atoms with Crippen molar-refractivity contribution in [2.75, 3.05) is 29.8 Å². The lowest BCUT2D eigenvalue weighted by molar-refractivity contribution is -0.116. The lowest BCUT2D eigenvalue weighted by Crippen LogP contribution is -2.37. The molecule has 10 heteroatoms. The van der Waals surface area contributed by atoms with Crippen molar-refractivity contribution >= 4 is 39.1 Å². The lowest BCUT2D eigenvalue weighted by atomic mass is 10.1. The number of carbonyl (C=O) groups is 3. The number of fused-ring (bicyclic) bond motifs is 1. The number of benzene rings is 3. The maximum Gasteiger partial charge on any atom is 0.264 e. The molecule has 9 nitrogen and oxygen atoms in total. The SMILES string of the molecule is CCN(c1ccccc1)S(=O)(=O)c1ccc(OC)c(NC(=O)CN2C(=O)c3ccccc3C2=O)c1. The first-order valence-corrected chi connectivity index (χ1v) is 12.2. The topological polar surface area (TPSA) is 113 Å². The minimum atomic E-state index is -3.96. The Kier molecular flexibility index (Phi) is 6.57. The van der Waals surface area contributed by atoms with Crippen LogP contribution in [0.4, 0.5) is 11.4 Å². The highest BCUT2D eigenvalue weighted by atomic mass is 32.2. The van der Waals surface area contributed by atoms with Crippen LogP contribution in [0.2, 0.25) is 0 Å². The van der Waals surface area contributed by atoms with Crippen molar-refractivity contribution in [2.45, 2.75) is 11.8 Å². The van der Waals surface area contributed by atoms with E-state index in [4.69, 9.17) is 4.74 Å². The molecule has 1 heterocycles. The Labute approximate surface area is 203 Å². The minimum Gasteiger partial charge on any atom is -0.495 e. The summed E-state index contributed by atoms with van der Waals surface area (Å²) in [6, 6.07) is 19.1. The number of ether oxygens (including phenoxy) is 1. The van der Waals surface area contributed by atoms with Gasteiger partial charge in [0.1, 0.15) is 12.3 Å². The zero-order valence-corrected chi connectivity index (χ0v) is 19.9. The molecule has 180 valence electrons. The summed E-state index contributed by atoms with van der Waals surface area (Å²) in [5, 5.41) is 2.57. The summed E-state index contributed by atoms with van der Waals surface area (Å²) in [4.78, 5) is 38.7. The third-order valence-electron chi connectivity index (χ3n) is 5.54. The lowest BCUT2D eigenvalue weighted by Gasteiger charge is -2.23. The Hall–Kier alpha value is -4.18. The fourth-order valence-corrected chi connectivity index (χ4v) is 5.37. The number of hydrogen-bond acceptors (Lipinski definition) is 6. The first-order valence-electron chi connectivity index (χ1n) is 10.8. The number of methoxy groups -OCH3 is 1. The van der Waals surface area contributed by atoms with Crippen molar-refractivity contribution in [1.29, 1.82) is 0 Å². The normalized spacial score (nSPS) is 12.9. The molecule has 0 fully saturated rings. The van der Waals surface area contributed by atoms with E-state index in [1.165, 1.54) is 41.7 Å². The Morgan fingerprint density at radius 2 is 1.54 bits per heavy atom. The number of amides is 3. The monoisotopic (exact) mass is 493 g/mol. The van der Waals surface area contributed by atoms with Crippen LogP contribution in [0.25, 0.3) is 0 Å². The van der Waals surface area contributed by atoms with Crippen LogP contribution >= 0.6 is 0 Å². The zero-order chi connectivity index (χ0) is 25.2. The highest BCUT2D eigenvalue weighted by Crippen LogP contribution is 2.31. The van der Waals surface area contributed by atoms with Crippen molar-refractivity contribution in [3.63, 3.8) is 0 Å². The van der Waals surface area contributed by atoms with E-state index in [-0.39, 0.29) is 34.0 Å². The summed E-state index contributed by atoms with van der Waals surface area (Å²) in [5.74, 6) is -1.58. The van der Waals surface area contributed by atoms with Gasteiger partial charge in [-0.1, -0.05) is 30.3 Å². The fraction of sp³-hybridized carbons (Fsp3) is 0.160. The number of nitrogens with zero attached hydrogens (tertiary/aromatic N) is 2. The summed E-state index contributed by atoms with van der Waals surface area (Å²) >= 11 is 0. The molecule has 35 heavy (non-hydrogen) atoms. The second kappa shape index (κ2) is 9.59. The van der Waals surface area contributed by atoms with Crippen molar-refractivity contribution in [1.82, 2.24) is 4.90 Å². The fourth-order valence-electron chi connectivity index (χ4n) is 3.87. The summed E-state index contributed by atoms with van der Waals surface area (Å²) in [6.45, 7) is 1.39. The third-order valence-corrected chi connectivity index (χ3v) is 7.44. The van der Waals surface area contributed by atoms with Crippen molar-refractivity contribution in [2.24, 2.45) is 0 Å². The average molecular weight is 494 g/mol. The molecule has 1 N–H and O–H groups in total. The molecule has 3 aromatic rings. The molecule has 0 saturated carbocycles. The summed E-state index contributed by atoms with van der Waals surface area (Å²) in [5.41, 5.74) is 1.06. The standard InChI is InChI=1S/C25H23N3O6S/c1-3-28(17-9-5-4-6-10-17)35(32,33)18-13-14-22(34-2)21(15-18)26-23(29)16-27-24(30)19-11-7-8-12-20(19)25(27)31/h4-15H,3,16H2,1-2H3,(H,26,29). The first-order chi connectivity index (χ1) is 16.8. The Morgan fingerprint density at radius 1 is 0.943 bits per heavy atom. The van der Waals surface area contributed by atoms with Gasteiger partial charge in [-0.15, -0.1) is 0 Å². The van der Waals surface area contributed by atoms with Crippen molar-refractivity contribution in [3.8, 4) is 5.75 Å². The van der Waals surface area contributed by atoms with Gasteiger partial charge < -0.3 is 10.1 Å². The Balaban J connectivity index is 1.58. The smallest absolute Gasteiger partial charge is 0.264 e. The van der Waals surface area contributed by atoms with Crippen LogP contribution in [0.5, 0.6) is 5.75 Å².